The van der Waals surface area contributed by atoms with Gasteiger partial charge in [-0.1, -0.05) is 43.5 Å². The van der Waals surface area contributed by atoms with Gasteiger partial charge in [-0.25, -0.2) is 0 Å². The highest BCUT2D eigenvalue weighted by Crippen LogP contribution is 2.25. The smallest absolute Gasteiger partial charge is 0.0452 e. The molecular formula is C17H26Cl2N2. The number of hydrogen-bond donors (Lipinski definition) is 1. The molecule has 1 heterocycles. The molecule has 1 aromatic carbocycles. The third-order valence-corrected chi connectivity index (χ3v) is 5.34. The first-order valence-corrected chi connectivity index (χ1v) is 8.68. The molecular weight excluding hydrogens is 303 g/mol. The van der Waals surface area contributed by atoms with E-state index in [1.165, 1.54) is 12.8 Å². The number of nitrogens with one attached hydrogen (secondary N) is 1. The van der Waals surface area contributed by atoms with Crippen LogP contribution in [-0.2, 0) is 6.54 Å². The van der Waals surface area contributed by atoms with Gasteiger partial charge in [-0.15, -0.1) is 0 Å². The first kappa shape index (κ1) is 17.1. The average Bonchev–Trinajstić information content (AvgIpc) is 2.64. The minimum atomic E-state index is 0.554. The summed E-state index contributed by atoms with van der Waals surface area (Å²) in [4.78, 5) is 2.54. The van der Waals surface area contributed by atoms with Gasteiger partial charge in [0.1, 0.15) is 0 Å². The van der Waals surface area contributed by atoms with E-state index < -0.39 is 0 Å². The molecule has 0 aromatic heterocycles. The summed E-state index contributed by atoms with van der Waals surface area (Å²) >= 11 is 12.4. The molecule has 118 valence electrons. The maximum Gasteiger partial charge on any atom is 0.0452 e. The van der Waals surface area contributed by atoms with Crippen LogP contribution in [0.2, 0.25) is 10.0 Å². The van der Waals surface area contributed by atoms with Crippen molar-refractivity contribution in [2.45, 2.75) is 52.2 Å². The van der Waals surface area contributed by atoms with Crippen molar-refractivity contribution in [2.24, 2.45) is 5.92 Å². The Morgan fingerprint density at radius 1 is 1.38 bits per heavy atom. The van der Waals surface area contributed by atoms with Crippen molar-refractivity contribution in [1.82, 2.24) is 10.2 Å². The van der Waals surface area contributed by atoms with E-state index >= 15 is 0 Å². The quantitative estimate of drug-likeness (QED) is 0.869. The molecule has 1 saturated heterocycles. The summed E-state index contributed by atoms with van der Waals surface area (Å²) in [6.45, 7) is 9.93. The van der Waals surface area contributed by atoms with Crippen molar-refractivity contribution in [2.75, 3.05) is 13.1 Å². The van der Waals surface area contributed by atoms with Crippen LogP contribution in [0.4, 0.5) is 0 Å². The Kier molecular flexibility index (Phi) is 6.36. The van der Waals surface area contributed by atoms with Crippen molar-refractivity contribution in [3.63, 3.8) is 0 Å². The van der Waals surface area contributed by atoms with Crippen LogP contribution in [0, 0.1) is 5.92 Å². The van der Waals surface area contributed by atoms with Crippen LogP contribution < -0.4 is 5.32 Å². The summed E-state index contributed by atoms with van der Waals surface area (Å²) in [7, 11) is 0. The van der Waals surface area contributed by atoms with Gasteiger partial charge in [-0.05, 0) is 49.6 Å². The third kappa shape index (κ3) is 4.59. The van der Waals surface area contributed by atoms with Crippen molar-refractivity contribution in [3.05, 3.63) is 33.8 Å². The molecule has 21 heavy (non-hydrogen) atoms. The Bertz CT molecular complexity index is 464. The normalized spacial score (nSPS) is 25.6. The highest BCUT2D eigenvalue weighted by atomic mass is 35.5. The molecule has 4 heteroatoms. The molecule has 3 unspecified atom stereocenters. The molecule has 0 saturated carbocycles. The SMILES string of the molecule is CCC(C)C1CN(Cc2cc(Cl)ccc2Cl)C(C)CCN1. The van der Waals surface area contributed by atoms with Gasteiger partial charge in [-0.3, -0.25) is 4.90 Å². The van der Waals surface area contributed by atoms with Crippen molar-refractivity contribution in [1.29, 1.82) is 0 Å². The fourth-order valence-electron chi connectivity index (χ4n) is 2.93. The van der Waals surface area contributed by atoms with Gasteiger partial charge in [0.15, 0.2) is 0 Å². The van der Waals surface area contributed by atoms with Crippen LogP contribution in [0.25, 0.3) is 0 Å². The second-order valence-electron chi connectivity index (χ2n) is 6.25. The zero-order valence-corrected chi connectivity index (χ0v) is 14.7. The predicted octanol–water partition coefficient (Wildman–Crippen LogP) is 4.59. The maximum atomic E-state index is 6.33. The summed E-state index contributed by atoms with van der Waals surface area (Å²) in [5.74, 6) is 0.688. The van der Waals surface area contributed by atoms with Crippen LogP contribution in [0.15, 0.2) is 18.2 Å². The van der Waals surface area contributed by atoms with Crippen molar-refractivity contribution < 1.29 is 0 Å². The van der Waals surface area contributed by atoms with E-state index in [9.17, 15) is 0 Å². The first-order valence-electron chi connectivity index (χ1n) is 7.92. The lowest BCUT2D eigenvalue weighted by Gasteiger charge is -2.31. The van der Waals surface area contributed by atoms with E-state index in [4.69, 9.17) is 23.2 Å². The largest absolute Gasteiger partial charge is 0.312 e. The van der Waals surface area contributed by atoms with Crippen molar-refractivity contribution >= 4 is 23.2 Å². The number of hydrogen-bond acceptors (Lipinski definition) is 2. The van der Waals surface area contributed by atoms with Crippen LogP contribution >= 0.6 is 23.2 Å². The van der Waals surface area contributed by atoms with E-state index in [1.807, 2.05) is 18.2 Å². The molecule has 0 spiro atoms. The minimum absolute atomic E-state index is 0.554. The summed E-state index contributed by atoms with van der Waals surface area (Å²) in [5, 5.41) is 5.27. The molecule has 1 N–H and O–H groups in total. The summed E-state index contributed by atoms with van der Waals surface area (Å²) < 4.78 is 0. The maximum absolute atomic E-state index is 6.33. The summed E-state index contributed by atoms with van der Waals surface area (Å²) in [5.41, 5.74) is 1.13. The Morgan fingerprint density at radius 2 is 2.14 bits per heavy atom. The summed E-state index contributed by atoms with van der Waals surface area (Å²) in [6, 6.07) is 6.85. The Hall–Kier alpha value is -0.280. The van der Waals surface area contributed by atoms with E-state index in [2.05, 4.69) is 31.0 Å². The fourth-order valence-corrected chi connectivity index (χ4v) is 3.30. The molecule has 1 fully saturated rings. The molecule has 2 rings (SSSR count). The molecule has 0 amide bonds. The van der Waals surface area contributed by atoms with Crippen LogP contribution in [0.1, 0.15) is 39.2 Å². The van der Waals surface area contributed by atoms with Gasteiger partial charge in [0.25, 0.3) is 0 Å². The Balaban J connectivity index is 2.13. The van der Waals surface area contributed by atoms with E-state index in [-0.39, 0.29) is 0 Å². The van der Waals surface area contributed by atoms with Gasteiger partial charge in [0.05, 0.1) is 0 Å². The lowest BCUT2D eigenvalue weighted by molar-refractivity contribution is 0.180. The second kappa shape index (κ2) is 7.82. The monoisotopic (exact) mass is 328 g/mol. The number of nitrogens with zero attached hydrogens (tertiary/aromatic N) is 1. The second-order valence-corrected chi connectivity index (χ2v) is 7.09. The zero-order chi connectivity index (χ0) is 15.4. The number of benzene rings is 1. The molecule has 2 nitrogen and oxygen atoms in total. The first-order chi connectivity index (χ1) is 10.0. The zero-order valence-electron chi connectivity index (χ0n) is 13.2. The van der Waals surface area contributed by atoms with Gasteiger partial charge in [0, 0.05) is 35.2 Å². The standard InChI is InChI=1S/C17H26Cl2N2/c1-4-12(2)17-11-21(13(3)7-8-20-17)10-14-9-15(18)5-6-16(14)19/h5-6,9,12-13,17,20H,4,7-8,10-11H2,1-3H3. The minimum Gasteiger partial charge on any atom is -0.312 e. The molecule has 1 aromatic rings. The lowest BCUT2D eigenvalue weighted by atomic mass is 9.98. The van der Waals surface area contributed by atoms with Gasteiger partial charge >= 0.3 is 0 Å². The lowest BCUT2D eigenvalue weighted by Crippen LogP contribution is -2.43. The number of rotatable bonds is 4. The Labute approximate surface area is 138 Å². The molecule has 1 aliphatic rings. The Morgan fingerprint density at radius 3 is 2.86 bits per heavy atom. The van der Waals surface area contributed by atoms with Crippen molar-refractivity contribution in [3.8, 4) is 0 Å². The molecule has 0 radical (unpaired) electrons. The summed E-state index contributed by atoms with van der Waals surface area (Å²) in [6.07, 6.45) is 2.38. The average molecular weight is 329 g/mol. The molecule has 1 aliphatic heterocycles. The number of halogens is 2. The topological polar surface area (TPSA) is 15.3 Å². The van der Waals surface area contributed by atoms with Crippen LogP contribution in [-0.4, -0.2) is 30.1 Å². The van der Waals surface area contributed by atoms with Crippen LogP contribution in [0.3, 0.4) is 0 Å². The fraction of sp³-hybridized carbons (Fsp3) is 0.647. The van der Waals surface area contributed by atoms with E-state index in [0.717, 1.165) is 35.2 Å². The van der Waals surface area contributed by atoms with Gasteiger partial charge in [-0.2, -0.15) is 0 Å². The van der Waals surface area contributed by atoms with E-state index in [1.54, 1.807) is 0 Å². The highest BCUT2D eigenvalue weighted by Gasteiger charge is 2.26. The molecule has 0 bridgehead atoms. The van der Waals surface area contributed by atoms with Gasteiger partial charge in [0.2, 0.25) is 0 Å². The highest BCUT2D eigenvalue weighted by molar-refractivity contribution is 6.33. The van der Waals surface area contributed by atoms with Gasteiger partial charge < -0.3 is 5.32 Å². The van der Waals surface area contributed by atoms with Crippen LogP contribution in [0.5, 0.6) is 0 Å². The molecule has 0 aliphatic carbocycles. The third-order valence-electron chi connectivity index (χ3n) is 4.74. The predicted molar refractivity (Wildman–Crippen MR) is 92.2 cm³/mol. The van der Waals surface area contributed by atoms with E-state index in [0.29, 0.717) is 18.0 Å². The molecule has 3 atom stereocenters.